The Hall–Kier alpha value is -5.26. The molecule has 6 aromatic carbocycles. The molecule has 9 rings (SSSR count). The fourth-order valence-corrected chi connectivity index (χ4v) is 9.17. The van der Waals surface area contributed by atoms with E-state index in [4.69, 9.17) is 101 Å². The Labute approximate surface area is 368 Å². The molecule has 1 aliphatic rings. The van der Waals surface area contributed by atoms with E-state index in [9.17, 15) is 0 Å². The minimum atomic E-state index is 0.0307. The average Bonchev–Trinajstić information content (AvgIpc) is 3.69. The normalized spacial score (nSPS) is 13.9. The summed E-state index contributed by atoms with van der Waals surface area (Å²) < 4.78 is 1.03. The number of hydrogen-bond donors (Lipinski definition) is 0. The topological polar surface area (TPSA) is 38.7 Å². The van der Waals surface area contributed by atoms with Gasteiger partial charge in [0.05, 0.1) is 0 Å². The summed E-state index contributed by atoms with van der Waals surface area (Å²) in [5.41, 5.74) is 6.89. The third-order valence-corrected chi connectivity index (χ3v) is 12.5. The van der Waals surface area contributed by atoms with Gasteiger partial charge >= 0.3 is 0 Å². The molecule has 2 heterocycles. The first-order valence-corrected chi connectivity index (χ1v) is 19.7. The highest BCUT2D eigenvalue weighted by molar-refractivity contribution is 7.28. The van der Waals surface area contributed by atoms with Gasteiger partial charge in [0.25, 0.3) is 0 Å². The maximum absolute atomic E-state index is 7.15. The fraction of sp³-hybridized carbons (Fsp3) is 0.0444. The van der Waals surface area contributed by atoms with Gasteiger partial charge in [-0.25, -0.2) is 15.0 Å². The summed E-state index contributed by atoms with van der Waals surface area (Å²) in [6.45, 7) is 0. The highest BCUT2D eigenvalue weighted by Gasteiger charge is 2.26. The van der Waals surface area contributed by atoms with Crippen LogP contribution in [0.3, 0.4) is 0 Å². The molecule has 0 amide bonds. The molecule has 0 fully saturated rings. The Morgan fingerprint density at radius 2 is 0.917 bits per heavy atom. The Morgan fingerprint density at radius 3 is 1.55 bits per heavy atom. The van der Waals surface area contributed by atoms with Gasteiger partial charge in [-0.15, -0.1) is 33.2 Å². The van der Waals surface area contributed by atoms with E-state index in [1.165, 1.54) is 16.9 Å². The van der Waals surface area contributed by atoms with E-state index in [-0.39, 0.29) is 77.4 Å². The van der Waals surface area contributed by atoms with Crippen molar-refractivity contribution in [3.05, 3.63) is 115 Å². The molecule has 0 spiro atoms. The molecule has 15 heteroatoms. The van der Waals surface area contributed by atoms with Gasteiger partial charge in [-0.2, -0.15) is 0 Å². The molecule has 8 aromatic rings. The Bertz CT molecular complexity index is 3100. The molecular formula is C45H20B11N3S. The summed E-state index contributed by atoms with van der Waals surface area (Å²) in [4.78, 5) is 15.0. The van der Waals surface area contributed by atoms with Crippen molar-refractivity contribution in [1.82, 2.24) is 15.0 Å². The summed E-state index contributed by atoms with van der Waals surface area (Å²) in [5, 5.41) is 0.912. The zero-order valence-corrected chi connectivity index (χ0v) is 33.0. The lowest BCUT2D eigenvalue weighted by atomic mass is 9.58. The first kappa shape index (κ1) is 40.2. The molecule has 2 aromatic heterocycles. The van der Waals surface area contributed by atoms with Crippen molar-refractivity contribution in [1.29, 1.82) is 0 Å². The second kappa shape index (κ2) is 15.6. The number of fused-ring (bicyclic) bond motifs is 3. The molecular weight excluding hydrogens is 734 g/mol. The maximum Gasteiger partial charge on any atom is 0.164 e. The van der Waals surface area contributed by atoms with Gasteiger partial charge in [-0.3, -0.25) is 0 Å². The van der Waals surface area contributed by atoms with Gasteiger partial charge < -0.3 is 0 Å². The van der Waals surface area contributed by atoms with Gasteiger partial charge in [0.2, 0.25) is 0 Å². The molecule has 3 nitrogen and oxygen atoms in total. The van der Waals surface area contributed by atoms with Crippen molar-refractivity contribution in [2.75, 3.05) is 0 Å². The molecule has 1 atom stereocenters. The maximum atomic E-state index is 7.15. The number of hydrogen-bond acceptors (Lipinski definition) is 4. The summed E-state index contributed by atoms with van der Waals surface area (Å²) >= 11 is 1.25. The molecule has 0 bridgehead atoms. The number of thiophene rings is 1. The van der Waals surface area contributed by atoms with E-state index < -0.39 is 0 Å². The second-order valence-corrected chi connectivity index (χ2v) is 15.7. The van der Waals surface area contributed by atoms with Crippen LogP contribution < -0.4 is 60.1 Å². The Balaban J connectivity index is 1.27. The van der Waals surface area contributed by atoms with Gasteiger partial charge in [0.1, 0.15) is 86.3 Å². The lowest BCUT2D eigenvalue weighted by Gasteiger charge is -2.25. The van der Waals surface area contributed by atoms with Crippen LogP contribution in [0.4, 0.5) is 0 Å². The van der Waals surface area contributed by atoms with Crippen molar-refractivity contribution >= 4 is 183 Å². The minimum absolute atomic E-state index is 0.0307. The van der Waals surface area contributed by atoms with Crippen LogP contribution in [-0.4, -0.2) is 101 Å². The summed E-state index contributed by atoms with van der Waals surface area (Å²) in [5.74, 6) is 1.28. The van der Waals surface area contributed by atoms with Crippen LogP contribution >= 0.6 is 11.3 Å². The van der Waals surface area contributed by atoms with Crippen LogP contribution in [0.2, 0.25) is 0 Å². The molecule has 0 saturated heterocycles. The lowest BCUT2D eigenvalue weighted by molar-refractivity contribution is 0.854. The number of nitrogens with zero attached hydrogens (tertiary/aromatic N) is 3. The van der Waals surface area contributed by atoms with Crippen molar-refractivity contribution in [3.63, 3.8) is 0 Å². The summed E-state index contributed by atoms with van der Waals surface area (Å²) in [7, 11) is 73.1. The van der Waals surface area contributed by atoms with Gasteiger partial charge in [-0.05, 0) is 39.6 Å². The highest BCUT2D eigenvalue weighted by atomic mass is 32.1. The number of benzene rings is 6. The van der Waals surface area contributed by atoms with E-state index in [1.807, 2.05) is 66.7 Å². The van der Waals surface area contributed by atoms with Crippen molar-refractivity contribution < 1.29 is 0 Å². The fourth-order valence-electron chi connectivity index (χ4n) is 7.91. The SMILES string of the molecule is [B]c1c([B])c([B])c(-c2c([B])c([B])c([B])c3sc4c([B])c(-c5nc(C6=CCC(c7ccccc7)C=C6)nc(-c6ccc(-c7ccccc7)cc6)n5)c([B])c([B])c4c23)c([B])c1[B]. The average molecular weight is 754 g/mol. The van der Waals surface area contributed by atoms with E-state index in [2.05, 4.69) is 36.4 Å². The monoisotopic (exact) mass is 755 g/mol. The molecule has 1 unspecified atom stereocenters. The van der Waals surface area contributed by atoms with Crippen LogP contribution in [0.15, 0.2) is 103 Å². The predicted octanol–water partition coefficient (Wildman–Crippen LogP) is -1.23. The number of allylic oxidation sites excluding steroid dienone is 4. The second-order valence-electron chi connectivity index (χ2n) is 14.7. The van der Waals surface area contributed by atoms with Crippen molar-refractivity contribution in [2.45, 2.75) is 12.3 Å². The quantitative estimate of drug-likeness (QED) is 0.200. The molecule has 1 aliphatic carbocycles. The van der Waals surface area contributed by atoms with Crippen LogP contribution in [0.25, 0.3) is 70.8 Å². The van der Waals surface area contributed by atoms with Crippen molar-refractivity contribution in [2.24, 2.45) is 0 Å². The van der Waals surface area contributed by atoms with Crippen LogP contribution in [0.5, 0.6) is 0 Å². The largest absolute Gasteiger partial charge is 0.208 e. The third-order valence-electron chi connectivity index (χ3n) is 11.2. The van der Waals surface area contributed by atoms with E-state index in [1.54, 1.807) is 0 Å². The third kappa shape index (κ3) is 6.56. The van der Waals surface area contributed by atoms with Crippen LogP contribution in [-0.2, 0) is 0 Å². The molecule has 254 valence electrons. The molecule has 22 radical (unpaired) electrons. The standard InChI is InChI=1S/C45H20B11N3S/c46-30-25(27-31(47)36(52)39(55)37(53)32(27)48)26-28-33(49)34(50)29(35(51)42(28)60-41(26)40(56)38(30)54)45-58-43(23-15-11-21(12-16-23)19-7-3-1-4-8-19)57-44(59-45)24-17-13-22(14-18-24)20-9-5-2-6-10-20/h1-13,15-18,22H,14H2. The van der Waals surface area contributed by atoms with Gasteiger partial charge in [0, 0.05) is 37.4 Å². The highest BCUT2D eigenvalue weighted by Crippen LogP contribution is 2.37. The first-order chi connectivity index (χ1) is 28.8. The zero-order valence-electron chi connectivity index (χ0n) is 32.2. The van der Waals surface area contributed by atoms with Crippen LogP contribution in [0, 0.1) is 0 Å². The summed E-state index contributed by atoms with van der Waals surface area (Å²) in [6.07, 6.45) is 7.07. The Kier molecular flexibility index (Phi) is 10.5. The van der Waals surface area contributed by atoms with E-state index >= 15 is 0 Å². The lowest BCUT2D eigenvalue weighted by Crippen LogP contribution is -2.56. The van der Waals surface area contributed by atoms with E-state index in [0.717, 1.165) is 28.7 Å². The van der Waals surface area contributed by atoms with Gasteiger partial charge in [-0.1, -0.05) is 141 Å². The molecule has 0 aliphatic heterocycles. The molecule has 0 N–H and O–H groups in total. The predicted molar refractivity (Wildman–Crippen MR) is 265 cm³/mol. The smallest absolute Gasteiger partial charge is 0.164 e. The van der Waals surface area contributed by atoms with Crippen molar-refractivity contribution in [3.8, 4) is 45.0 Å². The number of aromatic nitrogens is 3. The molecule has 0 saturated carbocycles. The molecule has 60 heavy (non-hydrogen) atoms. The summed E-state index contributed by atoms with van der Waals surface area (Å²) in [6, 6.07) is 28.5. The van der Waals surface area contributed by atoms with Crippen LogP contribution in [0.1, 0.15) is 23.7 Å². The Morgan fingerprint density at radius 1 is 0.417 bits per heavy atom. The van der Waals surface area contributed by atoms with Gasteiger partial charge in [0.15, 0.2) is 17.5 Å². The van der Waals surface area contributed by atoms with E-state index in [0.29, 0.717) is 42.9 Å². The number of rotatable bonds is 6. The zero-order chi connectivity index (χ0) is 42.1. The first-order valence-electron chi connectivity index (χ1n) is 18.9. The minimum Gasteiger partial charge on any atom is -0.208 e.